The van der Waals surface area contributed by atoms with Crippen LogP contribution < -0.4 is 10.6 Å². The molecule has 140 valence electrons. The highest BCUT2D eigenvalue weighted by atomic mass is 32.2. The van der Waals surface area contributed by atoms with Crippen LogP contribution in [0.4, 0.5) is 0 Å². The van der Waals surface area contributed by atoms with Gasteiger partial charge in [-0.2, -0.15) is 4.31 Å². The number of nitrogens with one attached hydrogen (secondary N) is 2. The predicted octanol–water partition coefficient (Wildman–Crippen LogP) is 2.05. The molecule has 2 N–H and O–H groups in total. The van der Waals surface area contributed by atoms with Gasteiger partial charge in [0, 0.05) is 32.7 Å². The molecular weight excluding hydrogens is 336 g/mol. The van der Waals surface area contributed by atoms with E-state index in [-0.39, 0.29) is 0 Å². The highest BCUT2D eigenvalue weighted by molar-refractivity contribution is 7.89. The molecule has 25 heavy (non-hydrogen) atoms. The Kier molecular flexibility index (Phi) is 7.71. The molecule has 0 saturated carbocycles. The Morgan fingerprint density at radius 2 is 1.84 bits per heavy atom. The Labute approximate surface area is 151 Å². The van der Waals surface area contributed by atoms with Gasteiger partial charge in [-0.1, -0.05) is 25.1 Å². The van der Waals surface area contributed by atoms with Crippen LogP contribution in [0.15, 0.2) is 40.2 Å². The molecule has 1 aromatic carbocycles. The largest absolute Gasteiger partial charge is 0.357 e. The van der Waals surface area contributed by atoms with Crippen LogP contribution in [0.1, 0.15) is 33.1 Å². The van der Waals surface area contributed by atoms with Crippen molar-refractivity contribution < 1.29 is 8.42 Å². The third kappa shape index (κ3) is 5.71. The highest BCUT2D eigenvalue weighted by Crippen LogP contribution is 2.23. The summed E-state index contributed by atoms with van der Waals surface area (Å²) in [7, 11) is -3.36. The lowest BCUT2D eigenvalue weighted by Crippen LogP contribution is -2.40. The summed E-state index contributed by atoms with van der Waals surface area (Å²) in [5, 5.41) is 6.54. The van der Waals surface area contributed by atoms with Gasteiger partial charge in [0.1, 0.15) is 0 Å². The molecule has 1 fully saturated rings. The summed E-state index contributed by atoms with van der Waals surface area (Å²) in [5.74, 6) is 1.28. The lowest BCUT2D eigenvalue weighted by molar-refractivity contribution is 0.278. The van der Waals surface area contributed by atoms with Gasteiger partial charge < -0.3 is 10.6 Å². The quantitative estimate of drug-likeness (QED) is 0.572. The van der Waals surface area contributed by atoms with E-state index in [1.165, 1.54) is 0 Å². The number of sulfonamides is 1. The molecule has 1 saturated heterocycles. The van der Waals surface area contributed by atoms with E-state index >= 15 is 0 Å². The van der Waals surface area contributed by atoms with E-state index in [2.05, 4.69) is 29.5 Å². The molecule has 0 unspecified atom stereocenters. The van der Waals surface area contributed by atoms with Gasteiger partial charge >= 0.3 is 0 Å². The van der Waals surface area contributed by atoms with Crippen molar-refractivity contribution in [1.82, 2.24) is 14.9 Å². The predicted molar refractivity (Wildman–Crippen MR) is 102 cm³/mol. The second-order valence-electron chi connectivity index (χ2n) is 6.31. The van der Waals surface area contributed by atoms with Gasteiger partial charge in [-0.15, -0.1) is 0 Å². The number of guanidine groups is 1. The molecule has 1 aliphatic rings. The number of hydrogen-bond acceptors (Lipinski definition) is 3. The van der Waals surface area contributed by atoms with Crippen molar-refractivity contribution in [3.8, 4) is 0 Å². The van der Waals surface area contributed by atoms with E-state index in [1.54, 1.807) is 28.6 Å². The topological polar surface area (TPSA) is 73.8 Å². The summed E-state index contributed by atoms with van der Waals surface area (Å²) in [6, 6.07) is 8.68. The number of rotatable bonds is 7. The minimum absolute atomic E-state index is 0.379. The van der Waals surface area contributed by atoms with E-state index in [0.717, 1.165) is 44.9 Å². The first kappa shape index (κ1) is 19.7. The maximum atomic E-state index is 12.6. The van der Waals surface area contributed by atoms with Crippen LogP contribution in [0.5, 0.6) is 0 Å². The van der Waals surface area contributed by atoms with Crippen LogP contribution in [0, 0.1) is 5.92 Å². The Balaban J connectivity index is 1.89. The molecule has 6 nitrogen and oxygen atoms in total. The van der Waals surface area contributed by atoms with Crippen molar-refractivity contribution in [3.63, 3.8) is 0 Å². The van der Waals surface area contributed by atoms with Crippen LogP contribution in [-0.4, -0.2) is 51.4 Å². The zero-order chi connectivity index (χ0) is 18.1. The number of nitrogens with zero attached hydrogens (tertiary/aromatic N) is 2. The molecule has 0 amide bonds. The van der Waals surface area contributed by atoms with E-state index in [4.69, 9.17) is 0 Å². The van der Waals surface area contributed by atoms with Crippen molar-refractivity contribution in [2.24, 2.45) is 10.9 Å². The highest BCUT2D eigenvalue weighted by Gasteiger charge is 2.29. The van der Waals surface area contributed by atoms with Crippen molar-refractivity contribution in [2.75, 3.05) is 32.7 Å². The van der Waals surface area contributed by atoms with Gasteiger partial charge in [-0.05, 0) is 44.2 Å². The normalized spacial score (nSPS) is 17.4. The van der Waals surface area contributed by atoms with Crippen molar-refractivity contribution in [2.45, 2.75) is 38.0 Å². The Morgan fingerprint density at radius 1 is 1.16 bits per heavy atom. The standard InChI is InChI=1S/C18H30N4O2S/c1-3-12-20-18(19-4-2)21-15-16-10-13-22(14-11-16)25(23,24)17-8-6-5-7-9-17/h5-9,16H,3-4,10-15H2,1-2H3,(H2,19,20,21). The molecule has 1 heterocycles. The summed E-state index contributed by atoms with van der Waals surface area (Å²) in [6.45, 7) is 7.78. The molecule has 0 bridgehead atoms. The maximum Gasteiger partial charge on any atom is 0.243 e. The number of aliphatic imine (C=N–C) groups is 1. The van der Waals surface area contributed by atoms with Crippen LogP contribution in [0.25, 0.3) is 0 Å². The summed E-state index contributed by atoms with van der Waals surface area (Å²) >= 11 is 0. The minimum Gasteiger partial charge on any atom is -0.357 e. The van der Waals surface area contributed by atoms with Crippen molar-refractivity contribution in [1.29, 1.82) is 0 Å². The lowest BCUT2D eigenvalue weighted by Gasteiger charge is -2.30. The summed E-state index contributed by atoms with van der Waals surface area (Å²) in [5.41, 5.74) is 0. The smallest absolute Gasteiger partial charge is 0.243 e. The molecule has 0 radical (unpaired) electrons. The fourth-order valence-corrected chi connectivity index (χ4v) is 4.37. The number of hydrogen-bond donors (Lipinski definition) is 2. The van der Waals surface area contributed by atoms with Gasteiger partial charge in [0.25, 0.3) is 0 Å². The minimum atomic E-state index is -3.36. The van der Waals surface area contributed by atoms with E-state index in [1.807, 2.05) is 6.07 Å². The van der Waals surface area contributed by atoms with Crippen molar-refractivity contribution in [3.05, 3.63) is 30.3 Å². The molecule has 0 aromatic heterocycles. The van der Waals surface area contributed by atoms with E-state index in [9.17, 15) is 8.42 Å². The van der Waals surface area contributed by atoms with Crippen molar-refractivity contribution >= 4 is 16.0 Å². The van der Waals surface area contributed by atoms with Gasteiger partial charge in [0.15, 0.2) is 5.96 Å². The SMILES string of the molecule is CCCNC(=NCC1CCN(S(=O)(=O)c2ccccc2)CC1)NCC. The van der Waals surface area contributed by atoms with Crippen LogP contribution >= 0.6 is 0 Å². The van der Waals surface area contributed by atoms with E-state index < -0.39 is 10.0 Å². The molecule has 1 aromatic rings. The first-order chi connectivity index (χ1) is 12.1. The molecule has 7 heteroatoms. The second kappa shape index (κ2) is 9.77. The first-order valence-corrected chi connectivity index (χ1v) is 10.6. The second-order valence-corrected chi connectivity index (χ2v) is 8.24. The first-order valence-electron chi connectivity index (χ1n) is 9.15. The summed E-state index contributed by atoms with van der Waals surface area (Å²) < 4.78 is 26.9. The molecule has 0 aliphatic carbocycles. The fraction of sp³-hybridized carbons (Fsp3) is 0.611. The summed E-state index contributed by atoms with van der Waals surface area (Å²) in [4.78, 5) is 5.03. The van der Waals surface area contributed by atoms with Crippen LogP contribution in [0.2, 0.25) is 0 Å². The molecule has 0 atom stereocenters. The fourth-order valence-electron chi connectivity index (χ4n) is 2.88. The average molecular weight is 367 g/mol. The Morgan fingerprint density at radius 3 is 2.44 bits per heavy atom. The third-order valence-electron chi connectivity index (χ3n) is 4.35. The number of piperidine rings is 1. The van der Waals surface area contributed by atoms with Gasteiger partial charge in [0.05, 0.1) is 4.90 Å². The zero-order valence-electron chi connectivity index (χ0n) is 15.2. The summed E-state index contributed by atoms with van der Waals surface area (Å²) in [6.07, 6.45) is 2.76. The van der Waals surface area contributed by atoms with E-state index in [0.29, 0.717) is 23.9 Å². The molecular formula is C18H30N4O2S. The Hall–Kier alpha value is -1.60. The van der Waals surface area contributed by atoms with Crippen LogP contribution in [-0.2, 0) is 10.0 Å². The monoisotopic (exact) mass is 366 g/mol. The maximum absolute atomic E-state index is 12.6. The Bertz CT molecular complexity index is 638. The molecule has 2 rings (SSSR count). The third-order valence-corrected chi connectivity index (χ3v) is 6.26. The van der Waals surface area contributed by atoms with Gasteiger partial charge in [0.2, 0.25) is 10.0 Å². The van der Waals surface area contributed by atoms with Crippen LogP contribution in [0.3, 0.4) is 0 Å². The lowest BCUT2D eigenvalue weighted by atomic mass is 9.98. The molecule has 0 spiro atoms. The molecule has 1 aliphatic heterocycles. The number of benzene rings is 1. The zero-order valence-corrected chi connectivity index (χ0v) is 16.1. The van der Waals surface area contributed by atoms with Gasteiger partial charge in [-0.3, -0.25) is 4.99 Å². The average Bonchev–Trinajstić information content (AvgIpc) is 2.65. The van der Waals surface area contributed by atoms with Gasteiger partial charge in [-0.25, -0.2) is 8.42 Å².